The third kappa shape index (κ3) is 15.4. The summed E-state index contributed by atoms with van der Waals surface area (Å²) >= 11 is 0. The van der Waals surface area contributed by atoms with Crippen molar-refractivity contribution in [2.45, 2.75) is 0 Å². The topological polar surface area (TPSA) is 339 Å². The number of non-ortho nitro benzene ring substituents is 6. The summed E-state index contributed by atoms with van der Waals surface area (Å²) in [6.45, 7) is 0. The summed E-state index contributed by atoms with van der Waals surface area (Å²) in [5.74, 6) is 0. The van der Waals surface area contributed by atoms with Crippen LogP contribution in [0.5, 0.6) is 0 Å². The van der Waals surface area contributed by atoms with E-state index in [9.17, 15) is 60.7 Å². The zero-order valence-corrected chi connectivity index (χ0v) is 22.9. The first-order chi connectivity index (χ1) is 15.8. The Morgan fingerprint density at radius 1 is 0.405 bits per heavy atom. The first-order valence-corrected chi connectivity index (χ1v) is 9.00. The Labute approximate surface area is 246 Å². The maximum absolute atomic E-state index is 10.3. The fourth-order valence-corrected chi connectivity index (χ4v) is 1.79. The van der Waals surface area contributed by atoms with Gasteiger partial charge >= 0.3 is 59.1 Å². The molecule has 0 amide bonds. The van der Waals surface area contributed by atoms with E-state index in [4.69, 9.17) is 17.5 Å². The van der Waals surface area contributed by atoms with Crippen LogP contribution in [0.1, 0.15) is 0 Å². The van der Waals surface area contributed by atoms with Gasteiger partial charge in [0.15, 0.2) is 0 Å². The van der Waals surface area contributed by atoms with Crippen LogP contribution < -0.4 is 59.1 Å². The molecule has 25 heteroatoms. The van der Waals surface area contributed by atoms with Crippen molar-refractivity contribution in [3.8, 4) is 0 Å². The molecule has 0 unspecified atom stereocenters. The van der Waals surface area contributed by atoms with E-state index in [1.165, 1.54) is 0 Å². The number of nitrogens with zero attached hydrogens (tertiary/aromatic N) is 6. The van der Waals surface area contributed by atoms with Gasteiger partial charge in [0.05, 0.1) is 65.9 Å². The number of nitro groups is 6. The van der Waals surface area contributed by atoms with E-state index in [2.05, 4.69) is 0 Å². The predicted octanol–water partition coefficient (Wildman–Crippen LogP) is -4.51. The Bertz CT molecular complexity index is 1070. The molecule has 2 aromatic carbocycles. The van der Waals surface area contributed by atoms with Crippen molar-refractivity contribution in [1.29, 1.82) is 0 Å². The largest absolute Gasteiger partial charge is 1.00 e. The zero-order chi connectivity index (χ0) is 27.7. The van der Waals surface area contributed by atoms with Crippen molar-refractivity contribution < 1.29 is 106 Å². The van der Waals surface area contributed by atoms with E-state index >= 15 is 0 Å². The molecule has 0 aliphatic heterocycles. The van der Waals surface area contributed by atoms with E-state index in [0.717, 1.165) is 0 Å². The van der Waals surface area contributed by atoms with Gasteiger partial charge in [0.25, 0.3) is 34.1 Å². The molecule has 2 rings (SSSR count). The minimum absolute atomic E-state index is 0. The monoisotopic (exact) mass is 568 g/mol. The second kappa shape index (κ2) is 16.5. The molecule has 0 radical (unpaired) electrons. The van der Waals surface area contributed by atoms with E-state index in [1.807, 2.05) is 0 Å². The fraction of sp³-hybridized carbons (Fsp3) is 0. The van der Waals surface area contributed by atoms with Crippen LogP contribution >= 0.6 is 0 Å². The van der Waals surface area contributed by atoms with Crippen LogP contribution in [0, 0.1) is 60.7 Å². The average Bonchev–Trinajstić information content (AvgIpc) is 2.72. The number of hydrogen-bond acceptors (Lipinski definition) is 16. The smallest absolute Gasteiger partial charge is 0.759 e. The molecule has 0 saturated carbocycles. The summed E-state index contributed by atoms with van der Waals surface area (Å²) < 4.78 is 34.1. The Morgan fingerprint density at radius 2 is 0.486 bits per heavy atom. The Kier molecular flexibility index (Phi) is 17.0. The van der Waals surface area contributed by atoms with Gasteiger partial charge in [0.2, 0.25) is 0 Å². The van der Waals surface area contributed by atoms with Crippen LogP contribution in [0.3, 0.4) is 0 Å². The van der Waals surface area contributed by atoms with Crippen LogP contribution in [0.15, 0.2) is 36.4 Å². The van der Waals surface area contributed by atoms with Crippen LogP contribution in [0.2, 0.25) is 0 Å². The molecular weight excluding hydrogens is 562 g/mol. The van der Waals surface area contributed by atoms with Crippen molar-refractivity contribution >= 4 is 44.5 Å². The fourth-order valence-electron chi connectivity index (χ4n) is 1.79. The normalized spacial score (nSPS) is 9.35. The number of nitro benzene ring substituents is 6. The average molecular weight is 568 g/mol. The van der Waals surface area contributed by atoms with Crippen molar-refractivity contribution in [1.82, 2.24) is 0 Å². The summed E-state index contributed by atoms with van der Waals surface area (Å²) in [7, 11) is -5.17. The first kappa shape index (κ1) is 38.2. The summed E-state index contributed by atoms with van der Waals surface area (Å²) in [4.78, 5) is 56.3. The molecule has 0 aromatic heterocycles. The minimum Gasteiger partial charge on any atom is -0.759 e. The molecule has 0 heterocycles. The van der Waals surface area contributed by atoms with Gasteiger partial charge < -0.3 is 9.11 Å². The summed E-state index contributed by atoms with van der Waals surface area (Å²) in [5, 5.41) is 61.9. The summed E-state index contributed by atoms with van der Waals surface area (Å²) in [6, 6.07) is 3.96. The molecule has 0 spiro atoms. The van der Waals surface area contributed by atoms with Gasteiger partial charge in [0, 0.05) is 10.4 Å². The van der Waals surface area contributed by atoms with Gasteiger partial charge in [-0.15, -0.1) is 0 Å². The van der Waals surface area contributed by atoms with E-state index in [-0.39, 0.29) is 59.1 Å². The second-order valence-electron chi connectivity index (χ2n) is 5.37. The maximum Gasteiger partial charge on any atom is 1.00 e. The molecule has 0 aliphatic carbocycles. The number of rotatable bonds is 6. The molecule has 22 nitrogen and oxygen atoms in total. The number of benzene rings is 2. The Balaban J connectivity index is -0.000000506. The minimum atomic E-state index is -5.17. The molecule has 2 aromatic rings. The van der Waals surface area contributed by atoms with Crippen LogP contribution in [0.25, 0.3) is 0 Å². The summed E-state index contributed by atoms with van der Waals surface area (Å²) in [5.41, 5.74) is -4.11. The Morgan fingerprint density at radius 3 is 0.541 bits per heavy atom. The molecule has 0 atom stereocenters. The number of hydrogen-bond donors (Lipinski definition) is 0. The first-order valence-electron chi connectivity index (χ1n) is 7.66. The second-order valence-corrected chi connectivity index (χ2v) is 6.18. The van der Waals surface area contributed by atoms with Gasteiger partial charge in [-0.3, -0.25) is 69.1 Å². The van der Waals surface area contributed by atoms with Gasteiger partial charge in [-0.2, -0.15) is 0 Å². The molecule has 0 aliphatic rings. The van der Waals surface area contributed by atoms with Crippen LogP contribution in [0.4, 0.5) is 34.1 Å². The van der Waals surface area contributed by atoms with Crippen molar-refractivity contribution in [3.05, 3.63) is 97.1 Å². The Hall–Kier alpha value is -3.29. The molecule has 188 valence electrons. The molecule has 0 saturated heterocycles. The SMILES string of the molecule is O=S(=O)([O-])[O-].O=[N+]([O-])c1cc([N+](=O)[O-])cc([N+](=O)[O-])c1.O=[N+]([O-])c1cc([N+](=O)[O-])cc([N+](=O)[O-])c1.[Na+].[Na+]. The van der Waals surface area contributed by atoms with E-state index < -0.39 is 74.1 Å². The van der Waals surface area contributed by atoms with E-state index in [1.54, 1.807) is 0 Å². The molecular formula is C12H6N6Na2O16S. The standard InChI is InChI=1S/2C6H3N3O6.2Na.H2O4S/c2*10-7(11)4-1-5(8(12)13)3-6(2-4)9(14)15;;;1-5(2,3)4/h2*1-3H;;;(H2,1,2,3,4)/q;;2*+1;/p-2. The quantitative estimate of drug-likeness (QED) is 0.104. The van der Waals surface area contributed by atoms with Crippen molar-refractivity contribution in [2.75, 3.05) is 0 Å². The zero-order valence-electron chi connectivity index (χ0n) is 18.1. The van der Waals surface area contributed by atoms with Gasteiger partial charge in [-0.05, 0) is 0 Å². The molecule has 0 fully saturated rings. The third-order valence-corrected chi connectivity index (χ3v) is 3.04. The van der Waals surface area contributed by atoms with Gasteiger partial charge in [-0.25, -0.2) is 0 Å². The van der Waals surface area contributed by atoms with Gasteiger partial charge in [-0.1, -0.05) is 0 Å². The van der Waals surface area contributed by atoms with Crippen molar-refractivity contribution in [3.63, 3.8) is 0 Å². The maximum atomic E-state index is 10.3. The van der Waals surface area contributed by atoms with Crippen molar-refractivity contribution in [2.24, 2.45) is 0 Å². The third-order valence-electron chi connectivity index (χ3n) is 3.04. The molecule has 0 N–H and O–H groups in total. The molecule has 0 bridgehead atoms. The molecule has 37 heavy (non-hydrogen) atoms. The van der Waals surface area contributed by atoms with E-state index in [0.29, 0.717) is 36.4 Å². The predicted molar refractivity (Wildman–Crippen MR) is 103 cm³/mol. The van der Waals surface area contributed by atoms with Crippen LogP contribution in [-0.4, -0.2) is 47.1 Å². The van der Waals surface area contributed by atoms with Gasteiger partial charge in [0.1, 0.15) is 0 Å². The summed E-state index contributed by atoms with van der Waals surface area (Å²) in [6.07, 6.45) is 0. The van der Waals surface area contributed by atoms with Crippen LogP contribution in [-0.2, 0) is 10.4 Å².